The normalized spacial score (nSPS) is 13.4. The maximum atomic E-state index is 13.6. The highest BCUT2D eigenvalue weighted by Crippen LogP contribution is 2.41. The van der Waals surface area contributed by atoms with Gasteiger partial charge in [0.2, 0.25) is 5.75 Å². The molecule has 0 aliphatic heterocycles. The summed E-state index contributed by atoms with van der Waals surface area (Å²) in [5.74, 6) is 1.93. The van der Waals surface area contributed by atoms with Crippen LogP contribution in [0.1, 0.15) is 28.1 Å². The van der Waals surface area contributed by atoms with Gasteiger partial charge in [0.15, 0.2) is 17.3 Å². The molecule has 1 aromatic carbocycles. The van der Waals surface area contributed by atoms with Gasteiger partial charge < -0.3 is 18.9 Å². The Labute approximate surface area is 183 Å². The summed E-state index contributed by atoms with van der Waals surface area (Å²) in [6.45, 7) is 0.665. The first-order valence-electron chi connectivity index (χ1n) is 9.92. The van der Waals surface area contributed by atoms with E-state index in [2.05, 4.69) is 0 Å². The highest BCUT2D eigenvalue weighted by Gasteiger charge is 2.27. The molecule has 9 heteroatoms. The maximum absolute atomic E-state index is 13.6. The van der Waals surface area contributed by atoms with Gasteiger partial charge in [-0.3, -0.25) is 14.2 Å². The first-order chi connectivity index (χ1) is 15.0. The van der Waals surface area contributed by atoms with Crippen LogP contribution in [0.5, 0.6) is 17.2 Å². The van der Waals surface area contributed by atoms with E-state index < -0.39 is 0 Å². The van der Waals surface area contributed by atoms with E-state index in [0.717, 1.165) is 12.0 Å². The number of hydrogen-bond acceptors (Lipinski definition) is 8. The molecule has 0 atom stereocenters. The molecule has 1 aliphatic carbocycles. The van der Waals surface area contributed by atoms with E-state index in [1.165, 1.54) is 32.7 Å². The average Bonchev–Trinajstić information content (AvgIpc) is 3.17. The van der Waals surface area contributed by atoms with Crippen molar-refractivity contribution in [2.45, 2.75) is 25.8 Å². The van der Waals surface area contributed by atoms with Crippen LogP contribution in [-0.2, 0) is 17.7 Å². The SMILES string of the molecule is COCCn1c(-c2cc(OC)c(OC)c(OC)c2)nc2sc3c(c2c1=O)CCCC3=O. The molecule has 1 aliphatic rings. The molecule has 164 valence electrons. The van der Waals surface area contributed by atoms with Crippen molar-refractivity contribution in [2.24, 2.45) is 0 Å². The van der Waals surface area contributed by atoms with E-state index in [1.54, 1.807) is 23.8 Å². The van der Waals surface area contributed by atoms with Crippen molar-refractivity contribution in [1.82, 2.24) is 9.55 Å². The molecule has 0 fully saturated rings. The van der Waals surface area contributed by atoms with Crippen LogP contribution in [0, 0.1) is 0 Å². The predicted molar refractivity (Wildman–Crippen MR) is 118 cm³/mol. The van der Waals surface area contributed by atoms with Crippen molar-refractivity contribution in [3.8, 4) is 28.6 Å². The van der Waals surface area contributed by atoms with Crippen LogP contribution >= 0.6 is 11.3 Å². The molecule has 3 aromatic rings. The number of aryl methyl sites for hydroxylation is 1. The number of carbonyl (C=O) groups excluding carboxylic acids is 1. The molecule has 0 amide bonds. The van der Waals surface area contributed by atoms with Crippen LogP contribution in [0.2, 0.25) is 0 Å². The number of fused-ring (bicyclic) bond motifs is 3. The van der Waals surface area contributed by atoms with Gasteiger partial charge in [-0.05, 0) is 30.5 Å². The van der Waals surface area contributed by atoms with Gasteiger partial charge in [0.05, 0.1) is 44.7 Å². The number of methoxy groups -OCH3 is 4. The number of Topliss-reactive ketones (excluding diaryl/α,β-unsaturated/α-hetero) is 1. The zero-order valence-electron chi connectivity index (χ0n) is 17.9. The van der Waals surface area contributed by atoms with Crippen molar-refractivity contribution in [1.29, 1.82) is 0 Å². The molecule has 4 rings (SSSR count). The molecule has 0 saturated heterocycles. The maximum Gasteiger partial charge on any atom is 0.262 e. The second-order valence-electron chi connectivity index (χ2n) is 7.17. The number of carbonyl (C=O) groups is 1. The van der Waals surface area contributed by atoms with Crippen LogP contribution in [0.4, 0.5) is 0 Å². The van der Waals surface area contributed by atoms with Crippen molar-refractivity contribution >= 4 is 27.3 Å². The van der Waals surface area contributed by atoms with Crippen molar-refractivity contribution in [3.63, 3.8) is 0 Å². The number of ketones is 1. The molecule has 8 nitrogen and oxygen atoms in total. The zero-order valence-corrected chi connectivity index (χ0v) is 18.8. The van der Waals surface area contributed by atoms with Crippen molar-refractivity contribution in [3.05, 3.63) is 32.9 Å². The Balaban J connectivity index is 2.01. The number of thiophene rings is 1. The summed E-state index contributed by atoms with van der Waals surface area (Å²) >= 11 is 1.30. The minimum atomic E-state index is -0.169. The van der Waals surface area contributed by atoms with E-state index in [-0.39, 0.29) is 11.3 Å². The van der Waals surface area contributed by atoms with Gasteiger partial charge in [-0.15, -0.1) is 11.3 Å². The summed E-state index contributed by atoms with van der Waals surface area (Å²) in [7, 11) is 6.19. The molecule has 0 spiro atoms. The van der Waals surface area contributed by atoms with E-state index in [9.17, 15) is 9.59 Å². The van der Waals surface area contributed by atoms with E-state index in [0.29, 0.717) is 69.7 Å². The molecule has 0 radical (unpaired) electrons. The summed E-state index contributed by atoms with van der Waals surface area (Å²) in [6, 6.07) is 3.52. The molecule has 31 heavy (non-hydrogen) atoms. The van der Waals surface area contributed by atoms with Crippen LogP contribution in [0.15, 0.2) is 16.9 Å². The van der Waals surface area contributed by atoms with Crippen molar-refractivity contribution in [2.75, 3.05) is 35.0 Å². The minimum Gasteiger partial charge on any atom is -0.493 e. The standard InChI is InChI=1S/C22H24N2O6S/c1-27-9-8-24-20(12-10-15(28-2)18(30-4)16(11-12)29-3)23-21-17(22(24)26)13-6-5-7-14(25)19(13)31-21/h10-11H,5-9H2,1-4H3. The highest BCUT2D eigenvalue weighted by atomic mass is 32.1. The largest absolute Gasteiger partial charge is 0.493 e. The third-order valence-electron chi connectivity index (χ3n) is 5.44. The second-order valence-corrected chi connectivity index (χ2v) is 8.16. The summed E-state index contributed by atoms with van der Waals surface area (Å²) in [4.78, 5) is 32.1. The Hall–Kier alpha value is -2.91. The highest BCUT2D eigenvalue weighted by molar-refractivity contribution is 7.20. The summed E-state index contributed by atoms with van der Waals surface area (Å²) < 4.78 is 23.2. The lowest BCUT2D eigenvalue weighted by atomic mass is 9.96. The van der Waals surface area contributed by atoms with E-state index in [4.69, 9.17) is 23.9 Å². The minimum absolute atomic E-state index is 0.0847. The first-order valence-corrected chi connectivity index (χ1v) is 10.7. The third-order valence-corrected chi connectivity index (χ3v) is 6.60. The number of hydrogen-bond donors (Lipinski definition) is 0. The predicted octanol–water partition coefficient (Wildman–Crippen LogP) is 3.32. The van der Waals surface area contributed by atoms with Gasteiger partial charge in [-0.2, -0.15) is 0 Å². The van der Waals surface area contributed by atoms with Crippen LogP contribution in [0.3, 0.4) is 0 Å². The molecular formula is C22H24N2O6S. The summed E-state index contributed by atoms with van der Waals surface area (Å²) in [5.41, 5.74) is 1.30. The number of ether oxygens (including phenoxy) is 4. The Kier molecular flexibility index (Phi) is 5.97. The molecule has 0 saturated carbocycles. The fourth-order valence-electron chi connectivity index (χ4n) is 3.96. The lowest BCUT2D eigenvalue weighted by molar-refractivity contribution is 0.0977. The number of aromatic nitrogens is 2. The molecule has 2 heterocycles. The Morgan fingerprint density at radius 2 is 1.74 bits per heavy atom. The number of nitrogens with zero attached hydrogens (tertiary/aromatic N) is 2. The smallest absolute Gasteiger partial charge is 0.262 e. The fraction of sp³-hybridized carbons (Fsp3) is 0.409. The van der Waals surface area contributed by atoms with Gasteiger partial charge in [0.25, 0.3) is 5.56 Å². The van der Waals surface area contributed by atoms with Crippen LogP contribution in [0.25, 0.3) is 21.6 Å². The number of benzene rings is 1. The number of rotatable bonds is 7. The Morgan fingerprint density at radius 3 is 2.35 bits per heavy atom. The van der Waals surface area contributed by atoms with Gasteiger partial charge in [-0.25, -0.2) is 4.98 Å². The lowest BCUT2D eigenvalue weighted by Crippen LogP contribution is -2.26. The quantitative estimate of drug-likeness (QED) is 0.552. The zero-order chi connectivity index (χ0) is 22.1. The average molecular weight is 445 g/mol. The summed E-state index contributed by atoms with van der Waals surface area (Å²) in [6.07, 6.45) is 1.98. The van der Waals surface area contributed by atoms with E-state index >= 15 is 0 Å². The van der Waals surface area contributed by atoms with Gasteiger partial charge >= 0.3 is 0 Å². The molecular weight excluding hydrogens is 420 g/mol. The second kappa shape index (κ2) is 8.68. The van der Waals surface area contributed by atoms with Gasteiger partial charge in [0.1, 0.15) is 10.7 Å². The monoisotopic (exact) mass is 444 g/mol. The first kappa shape index (κ1) is 21.3. The Bertz CT molecular complexity index is 1190. The van der Waals surface area contributed by atoms with E-state index in [1.807, 2.05) is 0 Å². The third kappa shape index (κ3) is 3.57. The van der Waals surface area contributed by atoms with Crippen LogP contribution < -0.4 is 19.8 Å². The van der Waals surface area contributed by atoms with Crippen molar-refractivity contribution < 1.29 is 23.7 Å². The van der Waals surface area contributed by atoms with Gasteiger partial charge in [-0.1, -0.05) is 0 Å². The summed E-state index contributed by atoms with van der Waals surface area (Å²) in [5, 5.41) is 0.542. The molecule has 0 unspecified atom stereocenters. The lowest BCUT2D eigenvalue weighted by Gasteiger charge is -2.17. The molecule has 0 bridgehead atoms. The van der Waals surface area contributed by atoms with Crippen LogP contribution in [-0.4, -0.2) is 50.4 Å². The Morgan fingerprint density at radius 1 is 1.03 bits per heavy atom. The topological polar surface area (TPSA) is 88.9 Å². The molecule has 2 aromatic heterocycles. The fourth-order valence-corrected chi connectivity index (χ4v) is 5.14. The van der Waals surface area contributed by atoms with Gasteiger partial charge in [0, 0.05) is 19.1 Å². The molecule has 0 N–H and O–H groups in total.